The molecule has 0 saturated carbocycles. The Balaban J connectivity index is 2.19. The molecule has 0 bridgehead atoms. The van der Waals surface area contributed by atoms with Gasteiger partial charge in [0.05, 0.1) is 17.7 Å². The number of rotatable bonds is 8. The molecule has 6 nitrogen and oxygen atoms in total. The van der Waals surface area contributed by atoms with Crippen molar-refractivity contribution in [3.63, 3.8) is 0 Å². The van der Waals surface area contributed by atoms with Gasteiger partial charge in [-0.05, 0) is 35.9 Å². The van der Waals surface area contributed by atoms with Crippen molar-refractivity contribution in [3.05, 3.63) is 58.6 Å². The summed E-state index contributed by atoms with van der Waals surface area (Å²) in [5, 5.41) is 0.0635. The summed E-state index contributed by atoms with van der Waals surface area (Å²) < 4.78 is 37.0. The molecule has 0 spiro atoms. The molecular weight excluding hydrogens is 390 g/mol. The largest absolute Gasteiger partial charge is 0.497 e. The second-order valence-electron chi connectivity index (χ2n) is 5.66. The van der Waals surface area contributed by atoms with Gasteiger partial charge in [0.15, 0.2) is 0 Å². The minimum absolute atomic E-state index is 0.0591. The number of hydrogen-bond donors (Lipinski definition) is 0. The number of halogens is 1. The lowest BCUT2D eigenvalue weighted by molar-refractivity contribution is 0.0472. The van der Waals surface area contributed by atoms with Gasteiger partial charge in [-0.3, -0.25) is 0 Å². The topological polar surface area (TPSA) is 72.9 Å². The zero-order chi connectivity index (χ0) is 20.0. The maximum absolute atomic E-state index is 12.7. The molecule has 0 aliphatic rings. The van der Waals surface area contributed by atoms with Crippen LogP contribution in [0.15, 0.2) is 47.4 Å². The van der Waals surface area contributed by atoms with Gasteiger partial charge in [0, 0.05) is 13.1 Å². The Kier molecular flexibility index (Phi) is 7.24. The summed E-state index contributed by atoms with van der Waals surface area (Å²) in [6.07, 6.45) is 0. The lowest BCUT2D eigenvalue weighted by Gasteiger charge is -2.19. The van der Waals surface area contributed by atoms with Gasteiger partial charge < -0.3 is 9.47 Å². The van der Waals surface area contributed by atoms with Crippen LogP contribution in [-0.4, -0.2) is 38.9 Å². The average Bonchev–Trinajstić information content (AvgIpc) is 2.67. The van der Waals surface area contributed by atoms with Crippen LogP contribution in [0.5, 0.6) is 5.75 Å². The quantitative estimate of drug-likeness (QED) is 0.619. The number of esters is 1. The monoisotopic (exact) mass is 411 g/mol. The fourth-order valence-electron chi connectivity index (χ4n) is 2.48. The fourth-order valence-corrected chi connectivity index (χ4v) is 4.44. The van der Waals surface area contributed by atoms with Crippen molar-refractivity contribution in [2.45, 2.75) is 25.3 Å². The van der Waals surface area contributed by atoms with E-state index in [9.17, 15) is 13.2 Å². The van der Waals surface area contributed by atoms with Crippen LogP contribution in [0.2, 0.25) is 5.02 Å². The molecule has 27 heavy (non-hydrogen) atoms. The highest BCUT2D eigenvalue weighted by Crippen LogP contribution is 2.26. The maximum Gasteiger partial charge on any atom is 0.338 e. The molecule has 0 aliphatic heterocycles. The predicted molar refractivity (Wildman–Crippen MR) is 104 cm³/mol. The van der Waals surface area contributed by atoms with Crippen molar-refractivity contribution in [3.8, 4) is 5.75 Å². The normalized spacial score (nSPS) is 11.4. The third-order valence-electron chi connectivity index (χ3n) is 4.02. The summed E-state index contributed by atoms with van der Waals surface area (Å²) in [6.45, 7) is 4.15. The van der Waals surface area contributed by atoms with Crippen LogP contribution >= 0.6 is 11.6 Å². The van der Waals surface area contributed by atoms with Crippen LogP contribution in [0.1, 0.15) is 29.8 Å². The number of methoxy groups -OCH3 is 1. The Morgan fingerprint density at radius 2 is 1.70 bits per heavy atom. The summed E-state index contributed by atoms with van der Waals surface area (Å²) in [5.41, 5.74) is 0.910. The third kappa shape index (κ3) is 5.00. The highest BCUT2D eigenvalue weighted by molar-refractivity contribution is 7.89. The van der Waals surface area contributed by atoms with Crippen LogP contribution in [0.4, 0.5) is 0 Å². The predicted octanol–water partition coefficient (Wildman–Crippen LogP) is 3.74. The molecule has 0 aliphatic carbocycles. The molecule has 0 unspecified atom stereocenters. The SMILES string of the molecule is CCN(CC)S(=O)(=O)c1cc(C(=O)OCc2ccc(OC)cc2)ccc1Cl. The summed E-state index contributed by atoms with van der Waals surface area (Å²) >= 11 is 6.08. The smallest absolute Gasteiger partial charge is 0.338 e. The Hall–Kier alpha value is -2.09. The second kappa shape index (κ2) is 9.21. The number of carbonyl (C=O) groups excluding carboxylic acids is 1. The van der Waals surface area contributed by atoms with E-state index in [0.29, 0.717) is 18.8 Å². The molecule has 0 fully saturated rings. The van der Waals surface area contributed by atoms with E-state index < -0.39 is 16.0 Å². The van der Waals surface area contributed by atoms with Crippen LogP contribution in [0.3, 0.4) is 0 Å². The fraction of sp³-hybridized carbons (Fsp3) is 0.316. The van der Waals surface area contributed by atoms with Crippen molar-refractivity contribution in [2.24, 2.45) is 0 Å². The zero-order valence-electron chi connectivity index (χ0n) is 15.4. The van der Waals surface area contributed by atoms with Crippen LogP contribution in [-0.2, 0) is 21.4 Å². The van der Waals surface area contributed by atoms with Crippen LogP contribution in [0.25, 0.3) is 0 Å². The summed E-state index contributed by atoms with van der Waals surface area (Å²) in [5.74, 6) is 0.0764. The van der Waals surface area contributed by atoms with Gasteiger partial charge in [-0.1, -0.05) is 37.6 Å². The highest BCUT2D eigenvalue weighted by Gasteiger charge is 2.25. The summed E-state index contributed by atoms with van der Waals surface area (Å²) in [6, 6.07) is 11.2. The second-order valence-corrected chi connectivity index (χ2v) is 7.97. The van der Waals surface area contributed by atoms with Crippen molar-refractivity contribution in [2.75, 3.05) is 20.2 Å². The van der Waals surface area contributed by atoms with E-state index in [1.165, 1.54) is 22.5 Å². The Morgan fingerprint density at radius 3 is 2.26 bits per heavy atom. The van der Waals surface area contributed by atoms with E-state index in [-0.39, 0.29) is 22.1 Å². The number of ether oxygens (including phenoxy) is 2. The first kappa shape index (κ1) is 21.2. The Labute approximate surface area is 164 Å². The van der Waals surface area contributed by atoms with E-state index in [0.717, 1.165) is 5.56 Å². The van der Waals surface area contributed by atoms with Crippen molar-refractivity contribution in [1.82, 2.24) is 4.31 Å². The number of nitrogens with zero attached hydrogens (tertiary/aromatic N) is 1. The van der Waals surface area contributed by atoms with Gasteiger partial charge in [-0.15, -0.1) is 0 Å². The molecule has 2 aromatic carbocycles. The molecule has 146 valence electrons. The van der Waals surface area contributed by atoms with E-state index in [1.807, 2.05) is 0 Å². The van der Waals surface area contributed by atoms with Crippen molar-refractivity contribution < 1.29 is 22.7 Å². The molecular formula is C19H22ClNO5S. The highest BCUT2D eigenvalue weighted by atomic mass is 35.5. The zero-order valence-corrected chi connectivity index (χ0v) is 17.0. The van der Waals surface area contributed by atoms with Crippen molar-refractivity contribution in [1.29, 1.82) is 0 Å². The molecule has 8 heteroatoms. The van der Waals surface area contributed by atoms with E-state index in [1.54, 1.807) is 45.2 Å². The molecule has 2 rings (SSSR count). The summed E-state index contributed by atoms with van der Waals surface area (Å²) in [4.78, 5) is 12.2. The van der Waals surface area contributed by atoms with Crippen LogP contribution < -0.4 is 4.74 Å². The molecule has 0 heterocycles. The van der Waals surface area contributed by atoms with Gasteiger partial charge >= 0.3 is 5.97 Å². The van der Waals surface area contributed by atoms with Gasteiger partial charge in [-0.25, -0.2) is 13.2 Å². The molecule has 0 aromatic heterocycles. The standard InChI is InChI=1S/C19H22ClNO5S/c1-4-21(5-2)27(23,24)18-12-15(8-11-17(18)20)19(22)26-13-14-6-9-16(25-3)10-7-14/h6-12H,4-5,13H2,1-3H3. The molecule has 0 N–H and O–H groups in total. The number of sulfonamides is 1. The van der Waals surface area contributed by atoms with E-state index >= 15 is 0 Å². The molecule has 0 amide bonds. The van der Waals surface area contributed by atoms with Gasteiger partial charge in [0.2, 0.25) is 10.0 Å². The summed E-state index contributed by atoms with van der Waals surface area (Å²) in [7, 11) is -2.21. The van der Waals surface area contributed by atoms with Gasteiger partial charge in [-0.2, -0.15) is 4.31 Å². The van der Waals surface area contributed by atoms with Gasteiger partial charge in [0.25, 0.3) is 0 Å². The molecule has 2 aromatic rings. The first-order valence-electron chi connectivity index (χ1n) is 8.43. The first-order valence-corrected chi connectivity index (χ1v) is 10.2. The minimum atomic E-state index is -3.78. The number of hydrogen-bond acceptors (Lipinski definition) is 5. The molecule has 0 atom stereocenters. The average molecular weight is 412 g/mol. The number of benzene rings is 2. The van der Waals surface area contributed by atoms with E-state index in [4.69, 9.17) is 21.1 Å². The van der Waals surface area contributed by atoms with Crippen molar-refractivity contribution >= 4 is 27.6 Å². The van der Waals surface area contributed by atoms with E-state index in [2.05, 4.69) is 0 Å². The third-order valence-corrected chi connectivity index (χ3v) is 6.55. The Bertz CT molecular complexity index is 893. The lowest BCUT2D eigenvalue weighted by Crippen LogP contribution is -2.31. The number of carbonyl (C=O) groups is 1. The minimum Gasteiger partial charge on any atom is -0.497 e. The lowest BCUT2D eigenvalue weighted by atomic mass is 10.2. The molecule has 0 radical (unpaired) electrons. The molecule has 0 saturated heterocycles. The first-order chi connectivity index (χ1) is 12.8. The Morgan fingerprint density at radius 1 is 1.07 bits per heavy atom. The van der Waals surface area contributed by atoms with Gasteiger partial charge in [0.1, 0.15) is 17.3 Å². The van der Waals surface area contributed by atoms with Crippen LogP contribution in [0, 0.1) is 0 Å². The maximum atomic E-state index is 12.7.